The van der Waals surface area contributed by atoms with Crippen molar-refractivity contribution in [2.75, 3.05) is 0 Å². The molecule has 36 heavy (non-hydrogen) atoms. The number of hydrogen-bond donors (Lipinski definition) is 0. The predicted octanol–water partition coefficient (Wildman–Crippen LogP) is 5.93. The van der Waals surface area contributed by atoms with Crippen molar-refractivity contribution in [3.05, 3.63) is 0 Å². The normalized spacial score (nSPS) is 16.1. The van der Waals surface area contributed by atoms with Crippen molar-refractivity contribution < 1.29 is 38.1 Å². The fraction of sp³-hybridized carbons (Fsp3) is 0.857. The first-order valence-electron chi connectivity index (χ1n) is 13.8. The van der Waals surface area contributed by atoms with E-state index in [2.05, 4.69) is 0 Å². The minimum absolute atomic E-state index is 0.326. The number of ether oxygens (including phenoxy) is 4. The lowest BCUT2D eigenvalue weighted by Crippen LogP contribution is -2.39. The summed E-state index contributed by atoms with van der Waals surface area (Å²) in [6.45, 7) is 15.0. The van der Waals surface area contributed by atoms with Gasteiger partial charge in [0.15, 0.2) is 0 Å². The van der Waals surface area contributed by atoms with E-state index in [1.807, 2.05) is 27.7 Å². The molecule has 0 saturated heterocycles. The van der Waals surface area contributed by atoms with Gasteiger partial charge in [-0.15, -0.1) is 0 Å². The predicted molar refractivity (Wildman–Crippen MR) is 138 cm³/mol. The standard InChI is InChI=1S/C28H50O8/c1-9-13-19(5)33-25(29)17-23(27(31)35-21(7)15-11-3)24(28(32)36-22(8)16-12-4)18-26(30)34-20(6)14-10-2/h19-24H,9-18H2,1-8H3. The first-order valence-corrected chi connectivity index (χ1v) is 13.8. The molecule has 0 bridgehead atoms. The Kier molecular flexibility index (Phi) is 17.9. The smallest absolute Gasteiger partial charge is 0.310 e. The van der Waals surface area contributed by atoms with Gasteiger partial charge in [0.2, 0.25) is 0 Å². The first kappa shape index (κ1) is 33.9. The molecule has 0 spiro atoms. The zero-order valence-corrected chi connectivity index (χ0v) is 23.8. The maximum Gasteiger partial charge on any atom is 0.310 e. The third-order valence-electron chi connectivity index (χ3n) is 5.95. The van der Waals surface area contributed by atoms with Gasteiger partial charge in [0.05, 0.1) is 49.1 Å². The van der Waals surface area contributed by atoms with Crippen molar-refractivity contribution in [3.63, 3.8) is 0 Å². The summed E-state index contributed by atoms with van der Waals surface area (Å²) in [5.74, 6) is -5.10. The minimum atomic E-state index is -1.22. The summed E-state index contributed by atoms with van der Waals surface area (Å²) in [6.07, 6.45) is 3.68. The number of carbonyl (C=O) groups is 4. The minimum Gasteiger partial charge on any atom is -0.463 e. The van der Waals surface area contributed by atoms with E-state index in [1.54, 1.807) is 27.7 Å². The Hall–Kier alpha value is -2.12. The lowest BCUT2D eigenvalue weighted by Gasteiger charge is -2.27. The topological polar surface area (TPSA) is 105 Å². The average Bonchev–Trinajstić information content (AvgIpc) is 2.76. The summed E-state index contributed by atoms with van der Waals surface area (Å²) in [4.78, 5) is 52.0. The largest absolute Gasteiger partial charge is 0.463 e. The fourth-order valence-electron chi connectivity index (χ4n) is 4.12. The molecule has 0 aromatic heterocycles. The molecular formula is C28H50O8. The van der Waals surface area contributed by atoms with Crippen LogP contribution in [0.1, 0.15) is 120 Å². The number of esters is 4. The molecule has 0 aromatic rings. The summed E-state index contributed by atoms with van der Waals surface area (Å²) in [6, 6.07) is 0. The van der Waals surface area contributed by atoms with Crippen molar-refractivity contribution in [2.24, 2.45) is 11.8 Å². The quantitative estimate of drug-likeness (QED) is 0.154. The average molecular weight is 515 g/mol. The van der Waals surface area contributed by atoms with E-state index in [-0.39, 0.29) is 25.0 Å². The maximum absolute atomic E-state index is 13.2. The van der Waals surface area contributed by atoms with Gasteiger partial charge in [-0.2, -0.15) is 0 Å². The molecule has 8 heteroatoms. The van der Waals surface area contributed by atoms with Crippen LogP contribution < -0.4 is 0 Å². The monoisotopic (exact) mass is 514 g/mol. The molecule has 0 N–H and O–H groups in total. The van der Waals surface area contributed by atoms with E-state index in [9.17, 15) is 19.2 Å². The first-order chi connectivity index (χ1) is 17.0. The van der Waals surface area contributed by atoms with Crippen LogP contribution in [-0.2, 0) is 38.1 Å². The molecule has 0 rings (SSSR count). The van der Waals surface area contributed by atoms with Crippen LogP contribution in [0.2, 0.25) is 0 Å². The van der Waals surface area contributed by atoms with Crippen molar-refractivity contribution in [1.82, 2.24) is 0 Å². The van der Waals surface area contributed by atoms with Crippen LogP contribution in [0.4, 0.5) is 0 Å². The molecule has 0 heterocycles. The highest BCUT2D eigenvalue weighted by Gasteiger charge is 2.41. The van der Waals surface area contributed by atoms with Gasteiger partial charge in [0, 0.05) is 0 Å². The van der Waals surface area contributed by atoms with Crippen LogP contribution in [0.15, 0.2) is 0 Å². The molecule has 0 aliphatic carbocycles. The third kappa shape index (κ3) is 14.4. The Bertz CT molecular complexity index is 606. The summed E-state index contributed by atoms with van der Waals surface area (Å²) in [5, 5.41) is 0. The molecule has 0 radical (unpaired) electrons. The van der Waals surface area contributed by atoms with Crippen LogP contribution in [0.3, 0.4) is 0 Å². The SMILES string of the molecule is CCCC(C)OC(=O)CC(C(=O)OC(C)CCC)C(CC(=O)OC(C)CCC)C(=O)OC(C)CCC. The molecule has 210 valence electrons. The van der Waals surface area contributed by atoms with E-state index >= 15 is 0 Å². The molecule has 0 amide bonds. The second kappa shape index (κ2) is 19.1. The molecule has 0 saturated carbocycles. The Morgan fingerprint density at radius 3 is 0.972 bits per heavy atom. The molecule has 0 aliphatic heterocycles. The highest BCUT2D eigenvalue weighted by Crippen LogP contribution is 2.27. The van der Waals surface area contributed by atoms with Crippen LogP contribution in [0.5, 0.6) is 0 Å². The Balaban J connectivity index is 5.99. The zero-order chi connectivity index (χ0) is 27.7. The van der Waals surface area contributed by atoms with E-state index in [0.717, 1.165) is 25.7 Å². The second-order valence-electron chi connectivity index (χ2n) is 9.87. The fourth-order valence-corrected chi connectivity index (χ4v) is 4.12. The molecule has 0 aliphatic rings. The van der Waals surface area contributed by atoms with Crippen LogP contribution >= 0.6 is 0 Å². The van der Waals surface area contributed by atoms with Crippen LogP contribution in [0.25, 0.3) is 0 Å². The van der Waals surface area contributed by atoms with E-state index in [4.69, 9.17) is 18.9 Å². The second-order valence-corrected chi connectivity index (χ2v) is 9.87. The summed E-state index contributed by atoms with van der Waals surface area (Å²) >= 11 is 0. The molecule has 0 fully saturated rings. The summed E-state index contributed by atoms with van der Waals surface area (Å²) < 4.78 is 22.1. The van der Waals surface area contributed by atoms with Crippen molar-refractivity contribution in [1.29, 1.82) is 0 Å². The number of carbonyl (C=O) groups excluding carboxylic acids is 4. The van der Waals surface area contributed by atoms with Crippen LogP contribution in [-0.4, -0.2) is 48.3 Å². The van der Waals surface area contributed by atoms with Crippen molar-refractivity contribution >= 4 is 23.9 Å². The van der Waals surface area contributed by atoms with E-state index in [0.29, 0.717) is 25.7 Å². The molecule has 8 nitrogen and oxygen atoms in total. The van der Waals surface area contributed by atoms with Crippen molar-refractivity contribution in [2.45, 2.75) is 144 Å². The van der Waals surface area contributed by atoms with E-state index in [1.165, 1.54) is 0 Å². The highest BCUT2D eigenvalue weighted by atomic mass is 16.6. The van der Waals surface area contributed by atoms with E-state index < -0.39 is 47.9 Å². The maximum atomic E-state index is 13.2. The van der Waals surface area contributed by atoms with Gasteiger partial charge in [0.1, 0.15) is 0 Å². The number of hydrogen-bond acceptors (Lipinski definition) is 8. The molecule has 6 atom stereocenters. The number of rotatable bonds is 19. The van der Waals surface area contributed by atoms with Gasteiger partial charge >= 0.3 is 23.9 Å². The lowest BCUT2D eigenvalue weighted by atomic mass is 9.86. The summed E-state index contributed by atoms with van der Waals surface area (Å²) in [7, 11) is 0. The highest BCUT2D eigenvalue weighted by molar-refractivity contribution is 5.88. The van der Waals surface area contributed by atoms with Crippen molar-refractivity contribution in [3.8, 4) is 0 Å². The zero-order valence-electron chi connectivity index (χ0n) is 23.8. The Morgan fingerprint density at radius 1 is 0.472 bits per heavy atom. The molecule has 6 unspecified atom stereocenters. The molecule has 0 aromatic carbocycles. The third-order valence-corrected chi connectivity index (χ3v) is 5.95. The Labute approximate surface area is 218 Å². The van der Waals surface area contributed by atoms with Gasteiger partial charge in [-0.25, -0.2) is 0 Å². The van der Waals surface area contributed by atoms with Crippen LogP contribution in [0, 0.1) is 11.8 Å². The molecular weight excluding hydrogens is 464 g/mol. The van der Waals surface area contributed by atoms with Gasteiger partial charge in [0.25, 0.3) is 0 Å². The van der Waals surface area contributed by atoms with Gasteiger partial charge in [-0.3, -0.25) is 19.2 Å². The summed E-state index contributed by atoms with van der Waals surface area (Å²) in [5.41, 5.74) is 0. The lowest BCUT2D eigenvalue weighted by molar-refractivity contribution is -0.173. The van der Waals surface area contributed by atoms with Gasteiger partial charge in [-0.1, -0.05) is 53.4 Å². The Morgan fingerprint density at radius 2 is 0.722 bits per heavy atom. The van der Waals surface area contributed by atoms with Gasteiger partial charge < -0.3 is 18.9 Å². The van der Waals surface area contributed by atoms with Gasteiger partial charge in [-0.05, 0) is 53.4 Å².